The zero-order chi connectivity index (χ0) is 11.7. The minimum absolute atomic E-state index is 0.274. The van der Waals surface area contributed by atoms with Gasteiger partial charge in [0.15, 0.2) is 0 Å². The lowest BCUT2D eigenvalue weighted by atomic mass is 9.93. The summed E-state index contributed by atoms with van der Waals surface area (Å²) in [4.78, 5) is 0. The Morgan fingerprint density at radius 3 is 2.24 bits per heavy atom. The third-order valence-electron chi connectivity index (χ3n) is 3.62. The van der Waals surface area contributed by atoms with Crippen molar-refractivity contribution in [1.29, 1.82) is 0 Å². The first-order valence-electron chi connectivity index (χ1n) is 6.00. The van der Waals surface area contributed by atoms with E-state index in [1.807, 2.05) is 0 Å². The third-order valence-corrected chi connectivity index (χ3v) is 3.62. The summed E-state index contributed by atoms with van der Waals surface area (Å²) in [7, 11) is 0. The van der Waals surface area contributed by atoms with Gasteiger partial charge in [0, 0.05) is 12.0 Å². The minimum Gasteiger partial charge on any atom is -0.271 e. The molecule has 1 aliphatic rings. The van der Waals surface area contributed by atoms with E-state index in [9.17, 15) is 0 Å². The van der Waals surface area contributed by atoms with Crippen molar-refractivity contribution >= 4 is 0 Å². The first kappa shape index (κ1) is 10.5. The molecule has 0 saturated carbocycles. The summed E-state index contributed by atoms with van der Waals surface area (Å²) in [6.07, 6.45) is 1.04. The summed E-state index contributed by atoms with van der Waals surface area (Å²) in [6.45, 7) is 0. The second-order valence-electron chi connectivity index (χ2n) is 4.55. The summed E-state index contributed by atoms with van der Waals surface area (Å²) >= 11 is 0. The number of fused-ring (bicyclic) bond motifs is 1. The molecule has 0 spiro atoms. The summed E-state index contributed by atoms with van der Waals surface area (Å²) in [5.74, 6) is 6.11. The Morgan fingerprint density at radius 1 is 0.882 bits per heavy atom. The normalized spacial score (nSPS) is 22.4. The largest absolute Gasteiger partial charge is 0.271 e. The van der Waals surface area contributed by atoms with E-state index in [2.05, 4.69) is 60.0 Å². The lowest BCUT2D eigenvalue weighted by Crippen LogP contribution is -2.26. The Hall–Kier alpha value is -1.64. The summed E-state index contributed by atoms with van der Waals surface area (Å²) in [5, 5.41) is 0. The van der Waals surface area contributed by atoms with Crippen LogP contribution in [0.5, 0.6) is 0 Å². The fourth-order valence-corrected chi connectivity index (χ4v) is 2.79. The monoisotopic (exact) mass is 224 g/mol. The van der Waals surface area contributed by atoms with Crippen LogP contribution in [0, 0.1) is 0 Å². The van der Waals surface area contributed by atoms with Gasteiger partial charge in [-0.15, -0.1) is 0 Å². The molecule has 3 N–H and O–H groups in total. The van der Waals surface area contributed by atoms with Crippen LogP contribution in [0.1, 0.15) is 35.1 Å². The zero-order valence-corrected chi connectivity index (χ0v) is 9.64. The van der Waals surface area contributed by atoms with Crippen molar-refractivity contribution in [2.75, 3.05) is 0 Å². The minimum atomic E-state index is 0.274. The van der Waals surface area contributed by atoms with Gasteiger partial charge in [0.05, 0.1) is 0 Å². The highest BCUT2D eigenvalue weighted by Gasteiger charge is 2.30. The topological polar surface area (TPSA) is 38.0 Å². The molecule has 2 atom stereocenters. The highest BCUT2D eigenvalue weighted by Crippen LogP contribution is 2.43. The van der Waals surface area contributed by atoms with Crippen molar-refractivity contribution in [3.8, 4) is 0 Å². The van der Waals surface area contributed by atoms with Crippen LogP contribution in [0.3, 0.4) is 0 Å². The maximum Gasteiger partial charge on any atom is 0.0472 e. The van der Waals surface area contributed by atoms with E-state index in [4.69, 9.17) is 5.84 Å². The number of hydrogen-bond donors (Lipinski definition) is 2. The molecule has 0 unspecified atom stereocenters. The molecule has 0 amide bonds. The molecule has 0 saturated heterocycles. The van der Waals surface area contributed by atoms with E-state index in [1.54, 1.807) is 0 Å². The van der Waals surface area contributed by atoms with Crippen LogP contribution in [0.15, 0.2) is 54.6 Å². The Labute approximate surface area is 101 Å². The summed E-state index contributed by atoms with van der Waals surface area (Å²) < 4.78 is 0. The van der Waals surface area contributed by atoms with Crippen molar-refractivity contribution in [1.82, 2.24) is 5.43 Å². The molecule has 0 aromatic heterocycles. The predicted octanol–water partition coefficient (Wildman–Crippen LogP) is 2.73. The molecular weight excluding hydrogens is 208 g/mol. The van der Waals surface area contributed by atoms with Gasteiger partial charge in [-0.3, -0.25) is 11.3 Å². The smallest absolute Gasteiger partial charge is 0.0472 e. The fraction of sp³-hybridized carbons (Fsp3) is 0.200. The molecule has 1 aliphatic carbocycles. The van der Waals surface area contributed by atoms with Gasteiger partial charge in [0.25, 0.3) is 0 Å². The Morgan fingerprint density at radius 2 is 1.53 bits per heavy atom. The van der Waals surface area contributed by atoms with Crippen LogP contribution in [0.4, 0.5) is 0 Å². The third kappa shape index (κ3) is 1.75. The zero-order valence-electron chi connectivity index (χ0n) is 9.64. The number of nitrogens with two attached hydrogens (primary N) is 1. The molecule has 0 fully saturated rings. The van der Waals surface area contributed by atoms with Crippen molar-refractivity contribution in [2.24, 2.45) is 5.84 Å². The van der Waals surface area contributed by atoms with E-state index in [0.717, 1.165) is 6.42 Å². The van der Waals surface area contributed by atoms with Crippen LogP contribution in [0.25, 0.3) is 0 Å². The molecule has 2 aromatic carbocycles. The average molecular weight is 224 g/mol. The maximum atomic E-state index is 5.64. The number of benzene rings is 2. The van der Waals surface area contributed by atoms with Crippen molar-refractivity contribution in [3.05, 3.63) is 71.3 Å². The molecule has 0 aliphatic heterocycles. The molecule has 2 aromatic rings. The van der Waals surface area contributed by atoms with E-state index in [1.165, 1.54) is 16.7 Å². The highest BCUT2D eigenvalue weighted by molar-refractivity contribution is 5.44. The fourth-order valence-electron chi connectivity index (χ4n) is 2.79. The van der Waals surface area contributed by atoms with E-state index >= 15 is 0 Å². The predicted molar refractivity (Wildman–Crippen MR) is 69.4 cm³/mol. The molecule has 3 rings (SSSR count). The molecule has 17 heavy (non-hydrogen) atoms. The Kier molecular flexibility index (Phi) is 2.67. The lowest BCUT2D eigenvalue weighted by molar-refractivity contribution is 0.531. The number of rotatable bonds is 2. The van der Waals surface area contributed by atoms with Crippen molar-refractivity contribution < 1.29 is 0 Å². The van der Waals surface area contributed by atoms with Gasteiger partial charge in [-0.25, -0.2) is 0 Å². The van der Waals surface area contributed by atoms with E-state index < -0.39 is 0 Å². The van der Waals surface area contributed by atoms with Gasteiger partial charge in [0.2, 0.25) is 0 Å². The number of hydrazine groups is 1. The lowest BCUT2D eigenvalue weighted by Gasteiger charge is -2.12. The van der Waals surface area contributed by atoms with Crippen LogP contribution >= 0.6 is 0 Å². The molecule has 0 radical (unpaired) electrons. The van der Waals surface area contributed by atoms with E-state index in [0.29, 0.717) is 5.92 Å². The average Bonchev–Trinajstić information content (AvgIpc) is 2.78. The Bertz CT molecular complexity index is 507. The quantitative estimate of drug-likeness (QED) is 0.608. The van der Waals surface area contributed by atoms with E-state index in [-0.39, 0.29) is 6.04 Å². The second kappa shape index (κ2) is 4.32. The van der Waals surface area contributed by atoms with Crippen LogP contribution in [-0.2, 0) is 0 Å². The first-order valence-corrected chi connectivity index (χ1v) is 6.00. The maximum absolute atomic E-state index is 5.64. The van der Waals surface area contributed by atoms with Crippen LogP contribution in [0.2, 0.25) is 0 Å². The van der Waals surface area contributed by atoms with Gasteiger partial charge in [-0.1, -0.05) is 54.6 Å². The number of nitrogens with one attached hydrogen (secondary N) is 1. The second-order valence-corrected chi connectivity index (χ2v) is 4.55. The van der Waals surface area contributed by atoms with Gasteiger partial charge in [-0.2, -0.15) is 0 Å². The Balaban J connectivity index is 2.05. The molecule has 0 heterocycles. The highest BCUT2D eigenvalue weighted by atomic mass is 15.2. The summed E-state index contributed by atoms with van der Waals surface area (Å²) in [5.41, 5.74) is 7.03. The standard InChI is InChI=1S/C15H16N2/c16-17-15-10-14(11-6-2-1-3-7-11)12-8-4-5-9-13(12)15/h1-9,14-15,17H,10,16H2/t14-,15+/m0/s1. The molecule has 2 nitrogen and oxygen atoms in total. The molecular formula is C15H16N2. The molecule has 86 valence electrons. The van der Waals surface area contributed by atoms with Crippen molar-refractivity contribution in [2.45, 2.75) is 18.4 Å². The van der Waals surface area contributed by atoms with Gasteiger partial charge in [-0.05, 0) is 23.1 Å². The summed E-state index contributed by atoms with van der Waals surface area (Å²) in [6, 6.07) is 19.5. The van der Waals surface area contributed by atoms with Gasteiger partial charge < -0.3 is 0 Å². The van der Waals surface area contributed by atoms with Crippen molar-refractivity contribution in [3.63, 3.8) is 0 Å². The SMILES string of the molecule is NN[C@@H]1C[C@@H](c2ccccc2)c2ccccc21. The van der Waals surface area contributed by atoms with Gasteiger partial charge >= 0.3 is 0 Å². The number of hydrogen-bond acceptors (Lipinski definition) is 2. The molecule has 2 heteroatoms. The van der Waals surface area contributed by atoms with Crippen LogP contribution < -0.4 is 11.3 Å². The van der Waals surface area contributed by atoms with Gasteiger partial charge in [0.1, 0.15) is 0 Å². The molecule has 0 bridgehead atoms. The van der Waals surface area contributed by atoms with Crippen LogP contribution in [-0.4, -0.2) is 0 Å². The first-order chi connectivity index (χ1) is 8.40.